The monoisotopic (exact) mass is 180 g/mol. The number of aromatic hydroxyl groups is 1. The van der Waals surface area contributed by atoms with Crippen molar-refractivity contribution >= 4 is 0 Å². The van der Waals surface area contributed by atoms with Crippen molar-refractivity contribution in [2.75, 3.05) is 0 Å². The van der Waals surface area contributed by atoms with E-state index in [0.29, 0.717) is 0 Å². The number of aliphatic hydroxyl groups excluding tert-OH is 1. The second kappa shape index (κ2) is 3.38. The lowest BCUT2D eigenvalue weighted by Gasteiger charge is -2.26. The lowest BCUT2D eigenvalue weighted by molar-refractivity contribution is 0.0626. The third-order valence-corrected chi connectivity index (χ3v) is 2.03. The Kier molecular flexibility index (Phi) is 2.62. The Morgan fingerprint density at radius 2 is 1.54 bits per heavy atom. The van der Waals surface area contributed by atoms with Crippen LogP contribution in [0.5, 0.6) is 5.75 Å². The van der Waals surface area contributed by atoms with Gasteiger partial charge in [0.05, 0.1) is 6.10 Å². The van der Waals surface area contributed by atoms with E-state index in [2.05, 4.69) is 0 Å². The van der Waals surface area contributed by atoms with Crippen molar-refractivity contribution in [2.24, 2.45) is 5.41 Å². The van der Waals surface area contributed by atoms with Crippen molar-refractivity contribution in [3.63, 3.8) is 0 Å². The van der Waals surface area contributed by atoms with E-state index in [0.717, 1.165) is 5.56 Å². The molecule has 13 heavy (non-hydrogen) atoms. The van der Waals surface area contributed by atoms with Crippen LogP contribution in [0.2, 0.25) is 0 Å². The van der Waals surface area contributed by atoms with Gasteiger partial charge in [-0.15, -0.1) is 0 Å². The second-order valence-electron chi connectivity index (χ2n) is 4.36. The fraction of sp³-hybridized carbons (Fsp3) is 0.455. The van der Waals surface area contributed by atoms with E-state index in [4.69, 9.17) is 5.11 Å². The Morgan fingerprint density at radius 1 is 1.08 bits per heavy atom. The highest BCUT2D eigenvalue weighted by Crippen LogP contribution is 2.32. The SMILES string of the molecule is CC(C)(C)C(O)c1ccc(O)cc1. The summed E-state index contributed by atoms with van der Waals surface area (Å²) >= 11 is 0. The first-order chi connectivity index (χ1) is 5.91. The van der Waals surface area contributed by atoms with E-state index in [9.17, 15) is 5.11 Å². The Balaban J connectivity index is 2.90. The molecule has 2 nitrogen and oxygen atoms in total. The predicted octanol–water partition coefficient (Wildman–Crippen LogP) is 2.47. The first-order valence-electron chi connectivity index (χ1n) is 4.38. The number of phenols is 1. The van der Waals surface area contributed by atoms with Crippen LogP contribution in [0.25, 0.3) is 0 Å². The van der Waals surface area contributed by atoms with Gasteiger partial charge in [-0.25, -0.2) is 0 Å². The first-order valence-corrected chi connectivity index (χ1v) is 4.38. The molecular weight excluding hydrogens is 164 g/mol. The molecule has 1 aromatic rings. The summed E-state index contributed by atoms with van der Waals surface area (Å²) in [5.74, 6) is 0.227. The average Bonchev–Trinajstić information content (AvgIpc) is 2.03. The molecule has 1 atom stereocenters. The van der Waals surface area contributed by atoms with Crippen molar-refractivity contribution in [1.29, 1.82) is 0 Å². The minimum absolute atomic E-state index is 0.170. The van der Waals surface area contributed by atoms with Gasteiger partial charge in [-0.1, -0.05) is 32.9 Å². The largest absolute Gasteiger partial charge is 0.508 e. The normalized spacial score (nSPS) is 14.2. The minimum Gasteiger partial charge on any atom is -0.508 e. The van der Waals surface area contributed by atoms with Crippen molar-refractivity contribution < 1.29 is 10.2 Å². The van der Waals surface area contributed by atoms with Crippen LogP contribution < -0.4 is 0 Å². The molecule has 1 rings (SSSR count). The van der Waals surface area contributed by atoms with E-state index in [-0.39, 0.29) is 11.2 Å². The maximum Gasteiger partial charge on any atom is 0.115 e. The molecule has 0 amide bonds. The van der Waals surface area contributed by atoms with Gasteiger partial charge in [0, 0.05) is 0 Å². The van der Waals surface area contributed by atoms with Crippen molar-refractivity contribution in [3.05, 3.63) is 29.8 Å². The van der Waals surface area contributed by atoms with Crippen LogP contribution in [-0.2, 0) is 0 Å². The molecule has 0 bridgehead atoms. The topological polar surface area (TPSA) is 40.5 Å². The quantitative estimate of drug-likeness (QED) is 0.697. The molecule has 1 aromatic carbocycles. The molecule has 1 unspecified atom stereocenters. The summed E-state index contributed by atoms with van der Waals surface area (Å²) < 4.78 is 0. The van der Waals surface area contributed by atoms with Gasteiger partial charge in [0.2, 0.25) is 0 Å². The van der Waals surface area contributed by atoms with Crippen LogP contribution in [0.3, 0.4) is 0 Å². The van der Waals surface area contributed by atoms with E-state index in [1.54, 1.807) is 24.3 Å². The molecule has 0 spiro atoms. The molecule has 0 aromatic heterocycles. The number of hydrogen-bond acceptors (Lipinski definition) is 2. The molecule has 0 saturated heterocycles. The summed E-state index contributed by atoms with van der Waals surface area (Å²) in [6.45, 7) is 5.93. The molecule has 2 heteroatoms. The van der Waals surface area contributed by atoms with E-state index >= 15 is 0 Å². The second-order valence-corrected chi connectivity index (χ2v) is 4.36. The molecule has 0 radical (unpaired) electrons. The fourth-order valence-corrected chi connectivity index (χ4v) is 1.16. The zero-order chi connectivity index (χ0) is 10.1. The number of phenolic OH excluding ortho intramolecular Hbond substituents is 1. The van der Waals surface area contributed by atoms with Crippen LogP contribution in [0.15, 0.2) is 24.3 Å². The number of benzene rings is 1. The smallest absolute Gasteiger partial charge is 0.115 e. The lowest BCUT2D eigenvalue weighted by Crippen LogP contribution is -2.17. The highest BCUT2D eigenvalue weighted by Gasteiger charge is 2.23. The van der Waals surface area contributed by atoms with Crippen LogP contribution in [-0.4, -0.2) is 10.2 Å². The number of aliphatic hydroxyl groups is 1. The van der Waals surface area contributed by atoms with Gasteiger partial charge in [0.1, 0.15) is 5.75 Å². The van der Waals surface area contributed by atoms with Crippen LogP contribution >= 0.6 is 0 Å². The standard InChI is InChI=1S/C11H16O2/c1-11(2,3)10(13)8-4-6-9(12)7-5-8/h4-7,10,12-13H,1-3H3. The summed E-state index contributed by atoms with van der Waals surface area (Å²) in [6, 6.07) is 6.66. The van der Waals surface area contributed by atoms with Gasteiger partial charge in [0.25, 0.3) is 0 Å². The van der Waals surface area contributed by atoms with E-state index in [1.165, 1.54) is 0 Å². The zero-order valence-electron chi connectivity index (χ0n) is 8.28. The Labute approximate surface area is 78.8 Å². The number of rotatable bonds is 1. The van der Waals surface area contributed by atoms with E-state index in [1.807, 2.05) is 20.8 Å². The average molecular weight is 180 g/mol. The van der Waals surface area contributed by atoms with Crippen molar-refractivity contribution in [2.45, 2.75) is 26.9 Å². The predicted molar refractivity (Wildman–Crippen MR) is 52.5 cm³/mol. The molecule has 72 valence electrons. The summed E-state index contributed by atoms with van der Waals surface area (Å²) in [5.41, 5.74) is 0.669. The van der Waals surface area contributed by atoms with Crippen LogP contribution in [0.1, 0.15) is 32.4 Å². The maximum atomic E-state index is 9.87. The minimum atomic E-state index is -0.493. The molecule has 0 saturated carbocycles. The summed E-state index contributed by atoms with van der Waals surface area (Å²) in [4.78, 5) is 0. The molecule has 0 fully saturated rings. The fourth-order valence-electron chi connectivity index (χ4n) is 1.16. The van der Waals surface area contributed by atoms with Crippen LogP contribution in [0.4, 0.5) is 0 Å². The highest BCUT2D eigenvalue weighted by atomic mass is 16.3. The molecule has 0 aliphatic carbocycles. The van der Waals surface area contributed by atoms with Gasteiger partial charge < -0.3 is 10.2 Å². The Morgan fingerprint density at radius 3 is 1.92 bits per heavy atom. The number of hydrogen-bond donors (Lipinski definition) is 2. The Hall–Kier alpha value is -1.02. The molecule has 0 aliphatic rings. The van der Waals surface area contributed by atoms with Crippen molar-refractivity contribution in [3.8, 4) is 5.75 Å². The molecule has 0 heterocycles. The molecule has 0 aliphatic heterocycles. The summed E-state index contributed by atoms with van der Waals surface area (Å²) in [6.07, 6.45) is -0.493. The van der Waals surface area contributed by atoms with Gasteiger partial charge in [0.15, 0.2) is 0 Å². The maximum absolute atomic E-state index is 9.87. The molecular formula is C11H16O2. The Bertz CT molecular complexity index is 269. The van der Waals surface area contributed by atoms with Gasteiger partial charge in [-0.2, -0.15) is 0 Å². The first kappa shape index (κ1) is 10.1. The molecule has 2 N–H and O–H groups in total. The van der Waals surface area contributed by atoms with Gasteiger partial charge in [-0.05, 0) is 23.1 Å². The van der Waals surface area contributed by atoms with Gasteiger partial charge in [-0.3, -0.25) is 0 Å². The zero-order valence-corrected chi connectivity index (χ0v) is 8.28. The summed E-state index contributed by atoms with van der Waals surface area (Å²) in [5, 5.41) is 18.9. The third-order valence-electron chi connectivity index (χ3n) is 2.03. The highest BCUT2D eigenvalue weighted by molar-refractivity contribution is 5.27. The summed E-state index contributed by atoms with van der Waals surface area (Å²) in [7, 11) is 0. The third kappa shape index (κ3) is 2.46. The van der Waals surface area contributed by atoms with E-state index < -0.39 is 6.10 Å². The van der Waals surface area contributed by atoms with Crippen LogP contribution in [0, 0.1) is 5.41 Å². The van der Waals surface area contributed by atoms with Gasteiger partial charge >= 0.3 is 0 Å². The van der Waals surface area contributed by atoms with Crippen molar-refractivity contribution in [1.82, 2.24) is 0 Å². The lowest BCUT2D eigenvalue weighted by atomic mass is 9.85.